The van der Waals surface area contributed by atoms with E-state index in [-0.39, 0.29) is 7.92 Å². The van der Waals surface area contributed by atoms with Gasteiger partial charge in [0.25, 0.3) is 0 Å². The molecule has 1 unspecified atom stereocenters. The van der Waals surface area contributed by atoms with Gasteiger partial charge in [-0.1, -0.05) is 85.1 Å². The Morgan fingerprint density at radius 2 is 1.29 bits per heavy atom. The van der Waals surface area contributed by atoms with Crippen molar-refractivity contribution in [1.82, 2.24) is 0 Å². The average Bonchev–Trinajstić information content (AvgIpc) is 2.53. The highest BCUT2D eigenvalue weighted by Crippen LogP contribution is 2.37. The van der Waals surface area contributed by atoms with Gasteiger partial charge in [-0.15, -0.1) is 0 Å². The molecular weight excluding hydrogens is 271 g/mol. The van der Waals surface area contributed by atoms with Gasteiger partial charge in [-0.2, -0.15) is 0 Å². The van der Waals surface area contributed by atoms with E-state index in [9.17, 15) is 0 Å². The van der Waals surface area contributed by atoms with Crippen molar-refractivity contribution in [2.75, 3.05) is 12.3 Å². The average molecular weight is 306 g/mol. The third-order valence-electron chi connectivity index (χ3n) is 4.18. The molecule has 0 N–H and O–H groups in total. The SMILES string of the molecule is CCCCCCP(CCCC)c1ccc(CCCC)cc1. The lowest BCUT2D eigenvalue weighted by molar-refractivity contribution is 0.704. The normalized spacial score (nSPS) is 12.5. The summed E-state index contributed by atoms with van der Waals surface area (Å²) in [7, 11) is 0.0965. The van der Waals surface area contributed by atoms with Crippen molar-refractivity contribution in [3.8, 4) is 0 Å². The van der Waals surface area contributed by atoms with Gasteiger partial charge in [0.05, 0.1) is 0 Å². The molecule has 0 aliphatic carbocycles. The molecule has 120 valence electrons. The minimum atomic E-state index is 0.0965. The zero-order chi connectivity index (χ0) is 15.3. The Morgan fingerprint density at radius 1 is 0.667 bits per heavy atom. The molecule has 1 heteroatoms. The molecule has 0 heterocycles. The fourth-order valence-corrected chi connectivity index (χ4v) is 5.32. The summed E-state index contributed by atoms with van der Waals surface area (Å²) in [5.41, 5.74) is 1.53. The lowest BCUT2D eigenvalue weighted by atomic mass is 10.1. The Kier molecular flexibility index (Phi) is 10.9. The molecule has 0 aliphatic heterocycles. The van der Waals surface area contributed by atoms with Crippen LogP contribution in [-0.4, -0.2) is 12.3 Å². The van der Waals surface area contributed by atoms with Crippen LogP contribution in [-0.2, 0) is 6.42 Å². The first-order valence-corrected chi connectivity index (χ1v) is 10.9. The van der Waals surface area contributed by atoms with E-state index in [1.165, 1.54) is 75.7 Å². The summed E-state index contributed by atoms with van der Waals surface area (Å²) in [5.74, 6) is 0. The van der Waals surface area contributed by atoms with Crippen LogP contribution in [0.5, 0.6) is 0 Å². The van der Waals surface area contributed by atoms with Crippen LogP contribution >= 0.6 is 7.92 Å². The van der Waals surface area contributed by atoms with E-state index >= 15 is 0 Å². The number of unbranched alkanes of at least 4 members (excludes halogenated alkanes) is 5. The largest absolute Gasteiger partial charge is 0.0753 e. The quantitative estimate of drug-likeness (QED) is 0.305. The molecular formula is C20H35P. The van der Waals surface area contributed by atoms with Crippen LogP contribution in [0.2, 0.25) is 0 Å². The Morgan fingerprint density at radius 3 is 1.90 bits per heavy atom. The molecule has 0 bridgehead atoms. The van der Waals surface area contributed by atoms with Gasteiger partial charge < -0.3 is 0 Å². The number of hydrogen-bond acceptors (Lipinski definition) is 0. The topological polar surface area (TPSA) is 0 Å². The van der Waals surface area contributed by atoms with E-state index in [0.717, 1.165) is 0 Å². The van der Waals surface area contributed by atoms with Crippen LogP contribution in [0.15, 0.2) is 24.3 Å². The standard InChI is InChI=1S/C20H35P/c1-4-7-10-11-18-21(17-9-6-3)20-15-13-19(14-16-20)12-8-5-2/h13-16H,4-12,17-18H2,1-3H3. The maximum atomic E-state index is 2.44. The third kappa shape index (κ3) is 8.01. The molecule has 1 rings (SSSR count). The molecule has 0 fully saturated rings. The zero-order valence-electron chi connectivity index (χ0n) is 14.5. The molecule has 0 saturated carbocycles. The van der Waals surface area contributed by atoms with E-state index in [2.05, 4.69) is 45.0 Å². The number of rotatable bonds is 12. The first kappa shape index (κ1) is 18.7. The van der Waals surface area contributed by atoms with Gasteiger partial charge in [0.15, 0.2) is 0 Å². The third-order valence-corrected chi connectivity index (χ3v) is 6.92. The van der Waals surface area contributed by atoms with Crippen LogP contribution in [0.4, 0.5) is 0 Å². The van der Waals surface area contributed by atoms with E-state index in [0.29, 0.717) is 0 Å². The fraction of sp³-hybridized carbons (Fsp3) is 0.700. The van der Waals surface area contributed by atoms with E-state index in [1.807, 2.05) is 0 Å². The summed E-state index contributed by atoms with van der Waals surface area (Å²) >= 11 is 0. The van der Waals surface area contributed by atoms with Gasteiger partial charge in [-0.25, -0.2) is 0 Å². The van der Waals surface area contributed by atoms with E-state index < -0.39 is 0 Å². The second-order valence-electron chi connectivity index (χ2n) is 6.17. The minimum absolute atomic E-state index is 0.0965. The smallest absolute Gasteiger partial charge is 0.0240 e. The van der Waals surface area contributed by atoms with Gasteiger partial charge in [0, 0.05) is 0 Å². The second kappa shape index (κ2) is 12.2. The molecule has 1 atom stereocenters. The van der Waals surface area contributed by atoms with E-state index in [1.54, 1.807) is 5.30 Å². The van der Waals surface area contributed by atoms with Crippen molar-refractivity contribution in [3.05, 3.63) is 29.8 Å². The number of benzene rings is 1. The molecule has 1 aromatic rings. The fourth-order valence-electron chi connectivity index (χ4n) is 2.70. The maximum absolute atomic E-state index is 2.44. The van der Waals surface area contributed by atoms with Gasteiger partial charge >= 0.3 is 0 Å². The van der Waals surface area contributed by atoms with Gasteiger partial charge in [-0.05, 0) is 48.9 Å². The Labute approximate surface area is 134 Å². The monoisotopic (exact) mass is 306 g/mol. The van der Waals surface area contributed by atoms with Crippen molar-refractivity contribution < 1.29 is 0 Å². The molecule has 0 radical (unpaired) electrons. The summed E-state index contributed by atoms with van der Waals surface area (Å²) in [5, 5.41) is 1.65. The lowest BCUT2D eigenvalue weighted by Crippen LogP contribution is -2.07. The van der Waals surface area contributed by atoms with Gasteiger partial charge in [0.1, 0.15) is 0 Å². The summed E-state index contributed by atoms with van der Waals surface area (Å²) in [6, 6.07) is 9.65. The predicted octanol–water partition coefficient (Wildman–Crippen LogP) is 6.52. The second-order valence-corrected chi connectivity index (χ2v) is 8.66. The molecule has 0 amide bonds. The summed E-state index contributed by atoms with van der Waals surface area (Å²) in [4.78, 5) is 0. The first-order chi connectivity index (χ1) is 10.3. The highest BCUT2D eigenvalue weighted by Gasteiger charge is 2.10. The van der Waals surface area contributed by atoms with Crippen LogP contribution in [0, 0.1) is 0 Å². The number of hydrogen-bond donors (Lipinski definition) is 0. The Balaban J connectivity index is 2.54. The number of aryl methyl sites for hydroxylation is 1. The van der Waals surface area contributed by atoms with Crippen molar-refractivity contribution in [1.29, 1.82) is 0 Å². The Bertz CT molecular complexity index is 341. The van der Waals surface area contributed by atoms with Gasteiger partial charge in [-0.3, -0.25) is 0 Å². The molecule has 0 aromatic heterocycles. The van der Waals surface area contributed by atoms with Crippen LogP contribution in [0.3, 0.4) is 0 Å². The lowest BCUT2D eigenvalue weighted by Gasteiger charge is -2.18. The van der Waals surface area contributed by atoms with Crippen LogP contribution < -0.4 is 5.30 Å². The Hall–Kier alpha value is -0.350. The summed E-state index contributed by atoms with van der Waals surface area (Å²) in [6.07, 6.45) is 15.1. The van der Waals surface area contributed by atoms with Crippen LogP contribution in [0.25, 0.3) is 0 Å². The molecule has 0 nitrogen and oxygen atoms in total. The highest BCUT2D eigenvalue weighted by atomic mass is 31.1. The van der Waals surface area contributed by atoms with Gasteiger partial charge in [0.2, 0.25) is 0 Å². The predicted molar refractivity (Wildman–Crippen MR) is 100 cm³/mol. The summed E-state index contributed by atoms with van der Waals surface area (Å²) in [6.45, 7) is 6.89. The van der Waals surface area contributed by atoms with Crippen molar-refractivity contribution in [3.63, 3.8) is 0 Å². The highest BCUT2D eigenvalue weighted by molar-refractivity contribution is 7.65. The summed E-state index contributed by atoms with van der Waals surface area (Å²) < 4.78 is 0. The molecule has 1 aromatic carbocycles. The van der Waals surface area contributed by atoms with Crippen molar-refractivity contribution >= 4 is 13.2 Å². The van der Waals surface area contributed by atoms with Crippen molar-refractivity contribution in [2.45, 2.75) is 78.6 Å². The first-order valence-electron chi connectivity index (χ1n) is 9.15. The molecule has 21 heavy (non-hydrogen) atoms. The maximum Gasteiger partial charge on any atom is -0.0240 e. The minimum Gasteiger partial charge on any atom is -0.0753 e. The zero-order valence-corrected chi connectivity index (χ0v) is 15.4. The van der Waals surface area contributed by atoms with Crippen molar-refractivity contribution in [2.24, 2.45) is 0 Å². The molecule has 0 spiro atoms. The van der Waals surface area contributed by atoms with Crippen LogP contribution in [0.1, 0.15) is 77.7 Å². The molecule has 0 aliphatic rings. The molecule has 0 saturated heterocycles. The van der Waals surface area contributed by atoms with E-state index in [4.69, 9.17) is 0 Å².